The van der Waals surface area contributed by atoms with Gasteiger partial charge >= 0.3 is 0 Å². The Morgan fingerprint density at radius 3 is 2.65 bits per heavy atom. The molecular weight excluding hydrogens is 232 g/mol. The summed E-state index contributed by atoms with van der Waals surface area (Å²) in [4.78, 5) is 12.9. The molecule has 1 aromatic rings. The van der Waals surface area contributed by atoms with Crippen molar-refractivity contribution in [3.05, 3.63) is 24.3 Å². The van der Waals surface area contributed by atoms with Gasteiger partial charge in [-0.3, -0.25) is 4.79 Å². The normalized spacial score (nSPS) is 12.5. The molecule has 3 N–H and O–H groups in total. The fraction of sp³-hybridized carbons (Fsp3) is 0.462. The van der Waals surface area contributed by atoms with Crippen LogP contribution in [0, 0.1) is 5.92 Å². The number of hydrogen-bond donors (Lipinski definition) is 2. The van der Waals surface area contributed by atoms with Crippen LogP contribution in [0.15, 0.2) is 29.2 Å². The van der Waals surface area contributed by atoms with Crippen molar-refractivity contribution >= 4 is 23.4 Å². The molecule has 0 fully saturated rings. The number of hydrogen-bond acceptors (Lipinski definition) is 3. The number of nitrogens with one attached hydrogen (secondary N) is 1. The Morgan fingerprint density at radius 2 is 2.06 bits per heavy atom. The highest BCUT2D eigenvalue weighted by Gasteiger charge is 2.15. The predicted octanol–water partition coefficient (Wildman–Crippen LogP) is 2.72. The first-order chi connectivity index (χ1) is 8.04. The first kappa shape index (κ1) is 14.1. The molecular formula is C13H20N2OS. The molecule has 1 amide bonds. The molecule has 94 valence electrons. The van der Waals surface area contributed by atoms with Gasteiger partial charge in [-0.15, -0.1) is 11.8 Å². The van der Waals surface area contributed by atoms with E-state index >= 15 is 0 Å². The Kier molecular flexibility index (Phi) is 5.51. The number of thioether (sulfide) groups is 1. The number of anilines is 1. The van der Waals surface area contributed by atoms with E-state index in [-0.39, 0.29) is 5.91 Å². The summed E-state index contributed by atoms with van der Waals surface area (Å²) >= 11 is 1.61. The van der Waals surface area contributed by atoms with Crippen molar-refractivity contribution < 1.29 is 4.79 Å². The molecule has 0 spiro atoms. The fourth-order valence-electron chi connectivity index (χ4n) is 1.59. The van der Waals surface area contributed by atoms with Crippen LogP contribution in [-0.4, -0.2) is 18.2 Å². The van der Waals surface area contributed by atoms with Gasteiger partial charge in [-0.1, -0.05) is 26.0 Å². The maximum atomic E-state index is 11.9. The standard InChI is InChI=1S/C13H20N2OS/c1-9(2)8-10(14)13(16)15-11-6-4-5-7-12(11)17-3/h4-7,9-10H,8,14H2,1-3H3,(H,15,16). The van der Waals surface area contributed by atoms with Crippen LogP contribution in [0.2, 0.25) is 0 Å². The van der Waals surface area contributed by atoms with E-state index in [2.05, 4.69) is 19.2 Å². The lowest BCUT2D eigenvalue weighted by molar-refractivity contribution is -0.117. The summed E-state index contributed by atoms with van der Waals surface area (Å²) in [5, 5.41) is 2.88. The van der Waals surface area contributed by atoms with E-state index in [0.29, 0.717) is 12.3 Å². The van der Waals surface area contributed by atoms with Crippen LogP contribution < -0.4 is 11.1 Å². The average Bonchev–Trinajstić information content (AvgIpc) is 2.28. The van der Waals surface area contributed by atoms with Crippen molar-refractivity contribution in [2.45, 2.75) is 31.2 Å². The Balaban J connectivity index is 2.67. The molecule has 0 heterocycles. The third-order valence-electron chi connectivity index (χ3n) is 2.43. The summed E-state index contributed by atoms with van der Waals surface area (Å²) in [7, 11) is 0. The first-order valence-corrected chi connectivity index (χ1v) is 6.96. The smallest absolute Gasteiger partial charge is 0.241 e. The van der Waals surface area contributed by atoms with Crippen molar-refractivity contribution in [2.75, 3.05) is 11.6 Å². The number of para-hydroxylation sites is 1. The van der Waals surface area contributed by atoms with Crippen LogP contribution >= 0.6 is 11.8 Å². The average molecular weight is 252 g/mol. The van der Waals surface area contributed by atoms with Crippen LogP contribution in [0.4, 0.5) is 5.69 Å². The van der Waals surface area contributed by atoms with Gasteiger partial charge in [0, 0.05) is 4.90 Å². The van der Waals surface area contributed by atoms with Gasteiger partial charge in [0.25, 0.3) is 0 Å². The van der Waals surface area contributed by atoms with Gasteiger partial charge in [-0.05, 0) is 30.7 Å². The number of rotatable bonds is 5. The van der Waals surface area contributed by atoms with Crippen molar-refractivity contribution in [3.8, 4) is 0 Å². The SMILES string of the molecule is CSc1ccccc1NC(=O)C(N)CC(C)C. The number of benzene rings is 1. The molecule has 17 heavy (non-hydrogen) atoms. The molecule has 0 saturated carbocycles. The summed E-state index contributed by atoms with van der Waals surface area (Å²) in [6.45, 7) is 4.12. The molecule has 0 saturated heterocycles. The summed E-state index contributed by atoms with van der Waals surface area (Å²) in [5.41, 5.74) is 6.68. The van der Waals surface area contributed by atoms with Crippen molar-refractivity contribution in [2.24, 2.45) is 11.7 Å². The van der Waals surface area contributed by atoms with E-state index in [1.165, 1.54) is 0 Å². The minimum absolute atomic E-state index is 0.111. The van der Waals surface area contributed by atoms with Gasteiger partial charge in [0.2, 0.25) is 5.91 Å². The van der Waals surface area contributed by atoms with E-state index < -0.39 is 6.04 Å². The molecule has 0 aliphatic rings. The second-order valence-corrected chi connectivity index (χ2v) is 5.27. The summed E-state index contributed by atoms with van der Waals surface area (Å²) in [6, 6.07) is 7.30. The van der Waals surface area contributed by atoms with Crippen molar-refractivity contribution in [1.29, 1.82) is 0 Å². The van der Waals surface area contributed by atoms with Crippen molar-refractivity contribution in [1.82, 2.24) is 0 Å². The Labute approximate surface area is 107 Å². The van der Waals surface area contributed by atoms with Crippen LogP contribution in [-0.2, 0) is 4.79 Å². The molecule has 1 rings (SSSR count). The minimum Gasteiger partial charge on any atom is -0.324 e. The first-order valence-electron chi connectivity index (χ1n) is 5.74. The largest absolute Gasteiger partial charge is 0.324 e. The number of amides is 1. The molecule has 1 atom stereocenters. The highest BCUT2D eigenvalue weighted by molar-refractivity contribution is 7.98. The highest BCUT2D eigenvalue weighted by atomic mass is 32.2. The van der Waals surface area contributed by atoms with Crippen LogP contribution in [0.3, 0.4) is 0 Å². The monoisotopic (exact) mass is 252 g/mol. The third kappa shape index (κ3) is 4.40. The molecule has 0 aromatic heterocycles. The summed E-state index contributed by atoms with van der Waals surface area (Å²) in [5.74, 6) is 0.312. The Bertz CT molecular complexity index is 379. The molecule has 0 radical (unpaired) electrons. The molecule has 4 heteroatoms. The second-order valence-electron chi connectivity index (χ2n) is 4.43. The summed E-state index contributed by atoms with van der Waals surface area (Å²) in [6.07, 6.45) is 2.69. The van der Waals surface area contributed by atoms with E-state index in [1.54, 1.807) is 11.8 Å². The maximum Gasteiger partial charge on any atom is 0.241 e. The quantitative estimate of drug-likeness (QED) is 0.792. The molecule has 0 aliphatic heterocycles. The molecule has 1 unspecified atom stereocenters. The Hall–Kier alpha value is -1.00. The number of carbonyl (C=O) groups is 1. The van der Waals surface area contributed by atoms with Gasteiger partial charge in [-0.25, -0.2) is 0 Å². The van der Waals surface area contributed by atoms with Gasteiger partial charge in [0.15, 0.2) is 0 Å². The predicted molar refractivity (Wildman–Crippen MR) is 74.3 cm³/mol. The topological polar surface area (TPSA) is 55.1 Å². The van der Waals surface area contributed by atoms with Crippen LogP contribution in [0.25, 0.3) is 0 Å². The fourth-order valence-corrected chi connectivity index (χ4v) is 2.14. The van der Waals surface area contributed by atoms with E-state index in [4.69, 9.17) is 5.73 Å². The van der Waals surface area contributed by atoms with Gasteiger partial charge < -0.3 is 11.1 Å². The Morgan fingerprint density at radius 1 is 1.41 bits per heavy atom. The molecule has 1 aromatic carbocycles. The zero-order valence-electron chi connectivity index (χ0n) is 10.6. The second kappa shape index (κ2) is 6.67. The van der Waals surface area contributed by atoms with Gasteiger partial charge in [0.1, 0.15) is 0 Å². The molecule has 0 aliphatic carbocycles. The van der Waals surface area contributed by atoms with Crippen LogP contribution in [0.1, 0.15) is 20.3 Å². The van der Waals surface area contributed by atoms with E-state index in [0.717, 1.165) is 10.6 Å². The molecule has 0 bridgehead atoms. The third-order valence-corrected chi connectivity index (χ3v) is 3.22. The lowest BCUT2D eigenvalue weighted by Crippen LogP contribution is -2.36. The summed E-state index contributed by atoms with van der Waals surface area (Å²) < 4.78 is 0. The lowest BCUT2D eigenvalue weighted by Gasteiger charge is -2.15. The van der Waals surface area contributed by atoms with E-state index in [1.807, 2.05) is 30.5 Å². The van der Waals surface area contributed by atoms with Gasteiger partial charge in [0.05, 0.1) is 11.7 Å². The number of nitrogens with two attached hydrogens (primary N) is 1. The number of carbonyl (C=O) groups excluding carboxylic acids is 1. The van der Waals surface area contributed by atoms with Crippen molar-refractivity contribution in [3.63, 3.8) is 0 Å². The lowest BCUT2D eigenvalue weighted by atomic mass is 10.0. The van der Waals surface area contributed by atoms with Gasteiger partial charge in [-0.2, -0.15) is 0 Å². The maximum absolute atomic E-state index is 11.9. The zero-order chi connectivity index (χ0) is 12.8. The van der Waals surface area contributed by atoms with Crippen LogP contribution in [0.5, 0.6) is 0 Å². The zero-order valence-corrected chi connectivity index (χ0v) is 11.4. The highest BCUT2D eigenvalue weighted by Crippen LogP contribution is 2.24. The molecule has 3 nitrogen and oxygen atoms in total. The minimum atomic E-state index is -0.440. The van der Waals surface area contributed by atoms with E-state index in [9.17, 15) is 4.79 Å².